The molecule has 0 aliphatic carbocycles. The summed E-state index contributed by atoms with van der Waals surface area (Å²) in [4.78, 5) is 0. The van der Waals surface area contributed by atoms with Crippen LogP contribution in [0.3, 0.4) is 0 Å². The molecule has 2 aromatic rings. The van der Waals surface area contributed by atoms with Gasteiger partial charge in [0.05, 0.1) is 0 Å². The number of hydrogen-bond acceptors (Lipinski definition) is 1. The van der Waals surface area contributed by atoms with Crippen molar-refractivity contribution in [3.05, 3.63) is 70.5 Å². The first-order valence-corrected chi connectivity index (χ1v) is 7.19. The number of hydrogen-bond donors (Lipinski definition) is 1. The fourth-order valence-corrected chi connectivity index (χ4v) is 2.56. The lowest BCUT2D eigenvalue weighted by molar-refractivity contribution is 0.475. The maximum absolute atomic E-state index is 13.2. The van der Waals surface area contributed by atoms with Gasteiger partial charge in [-0.15, -0.1) is 0 Å². The Morgan fingerprint density at radius 3 is 2.55 bits per heavy atom. The summed E-state index contributed by atoms with van der Waals surface area (Å²) in [5.74, 6) is -0.199. The van der Waals surface area contributed by atoms with Crippen LogP contribution in [0.5, 0.6) is 0 Å². The Bertz CT molecular complexity index is 570. The maximum Gasteiger partial charge on any atom is 0.123 e. The van der Waals surface area contributed by atoms with Gasteiger partial charge < -0.3 is 5.32 Å². The summed E-state index contributed by atoms with van der Waals surface area (Å²) in [5, 5.41) is 4.26. The monoisotopic (exact) mass is 291 g/mol. The van der Waals surface area contributed by atoms with Crippen molar-refractivity contribution < 1.29 is 4.39 Å². The lowest BCUT2D eigenvalue weighted by Gasteiger charge is -2.21. The van der Waals surface area contributed by atoms with Gasteiger partial charge in [-0.05, 0) is 49.6 Å². The van der Waals surface area contributed by atoms with Gasteiger partial charge >= 0.3 is 0 Å². The van der Waals surface area contributed by atoms with Crippen LogP contribution >= 0.6 is 11.6 Å². The van der Waals surface area contributed by atoms with Gasteiger partial charge in [0.25, 0.3) is 0 Å². The zero-order valence-electron chi connectivity index (χ0n) is 11.7. The molecule has 20 heavy (non-hydrogen) atoms. The van der Waals surface area contributed by atoms with Crippen LogP contribution in [0.15, 0.2) is 48.5 Å². The number of halogens is 2. The van der Waals surface area contributed by atoms with Crippen molar-refractivity contribution in [2.45, 2.75) is 32.4 Å². The Balaban J connectivity index is 1.98. The number of nitrogens with one attached hydrogen (secondary N) is 1. The average Bonchev–Trinajstić information content (AvgIpc) is 2.41. The zero-order chi connectivity index (χ0) is 14.5. The zero-order valence-corrected chi connectivity index (χ0v) is 12.5. The molecule has 0 saturated heterocycles. The molecule has 2 unspecified atom stereocenters. The molecule has 1 N–H and O–H groups in total. The van der Waals surface area contributed by atoms with E-state index in [4.69, 9.17) is 11.6 Å². The smallest absolute Gasteiger partial charge is 0.123 e. The number of rotatable bonds is 5. The summed E-state index contributed by atoms with van der Waals surface area (Å²) in [6.07, 6.45) is 0.847. The van der Waals surface area contributed by atoms with Crippen molar-refractivity contribution in [3.63, 3.8) is 0 Å². The lowest BCUT2D eigenvalue weighted by Crippen LogP contribution is -2.30. The molecule has 0 radical (unpaired) electrons. The fraction of sp³-hybridized carbons (Fsp3) is 0.294. The summed E-state index contributed by atoms with van der Waals surface area (Å²) in [7, 11) is 0. The van der Waals surface area contributed by atoms with E-state index in [9.17, 15) is 4.39 Å². The third-order valence-corrected chi connectivity index (χ3v) is 3.74. The van der Waals surface area contributed by atoms with E-state index in [2.05, 4.69) is 12.2 Å². The standard InChI is InChI=1S/C17H19ClFN/c1-12(10-15-6-3-4-9-17(15)18)20-13(2)14-7-5-8-16(19)11-14/h3-9,11-13,20H,10H2,1-2H3. The van der Waals surface area contributed by atoms with Gasteiger partial charge in [0.15, 0.2) is 0 Å². The first kappa shape index (κ1) is 15.0. The van der Waals surface area contributed by atoms with Crippen LogP contribution in [0.2, 0.25) is 5.02 Å². The highest BCUT2D eigenvalue weighted by Crippen LogP contribution is 2.19. The molecule has 0 spiro atoms. The molecule has 0 aliphatic heterocycles. The quantitative estimate of drug-likeness (QED) is 0.837. The second-order valence-corrected chi connectivity index (χ2v) is 5.55. The normalized spacial score (nSPS) is 14.0. The summed E-state index contributed by atoms with van der Waals surface area (Å²) in [6.45, 7) is 4.15. The van der Waals surface area contributed by atoms with E-state index >= 15 is 0 Å². The molecule has 0 saturated carbocycles. The second kappa shape index (κ2) is 6.87. The minimum Gasteiger partial charge on any atom is -0.307 e. The molecular weight excluding hydrogens is 273 g/mol. The van der Waals surface area contributed by atoms with Gasteiger partial charge in [-0.1, -0.05) is 41.9 Å². The van der Waals surface area contributed by atoms with Gasteiger partial charge in [-0.3, -0.25) is 0 Å². The van der Waals surface area contributed by atoms with Crippen molar-refractivity contribution in [2.75, 3.05) is 0 Å². The van der Waals surface area contributed by atoms with Crippen molar-refractivity contribution in [1.29, 1.82) is 0 Å². The molecule has 2 atom stereocenters. The van der Waals surface area contributed by atoms with E-state index in [1.807, 2.05) is 37.3 Å². The first-order valence-electron chi connectivity index (χ1n) is 6.81. The topological polar surface area (TPSA) is 12.0 Å². The maximum atomic E-state index is 13.2. The molecule has 1 nitrogen and oxygen atoms in total. The Kier molecular flexibility index (Phi) is 5.16. The van der Waals surface area contributed by atoms with Crippen molar-refractivity contribution in [3.8, 4) is 0 Å². The van der Waals surface area contributed by atoms with Crippen molar-refractivity contribution in [1.82, 2.24) is 5.32 Å². The predicted molar refractivity (Wildman–Crippen MR) is 82.6 cm³/mol. The largest absolute Gasteiger partial charge is 0.307 e. The van der Waals surface area contributed by atoms with Crippen LogP contribution < -0.4 is 5.32 Å². The summed E-state index contributed by atoms with van der Waals surface area (Å²) >= 11 is 6.17. The van der Waals surface area contributed by atoms with Gasteiger partial charge in [-0.25, -0.2) is 4.39 Å². The van der Waals surface area contributed by atoms with Crippen LogP contribution in [-0.4, -0.2) is 6.04 Å². The van der Waals surface area contributed by atoms with Crippen molar-refractivity contribution in [2.24, 2.45) is 0 Å². The molecule has 106 valence electrons. The Morgan fingerprint density at radius 1 is 1.10 bits per heavy atom. The van der Waals surface area contributed by atoms with E-state index in [0.29, 0.717) is 0 Å². The molecule has 0 aromatic heterocycles. The highest BCUT2D eigenvalue weighted by molar-refractivity contribution is 6.31. The predicted octanol–water partition coefficient (Wildman–Crippen LogP) is 4.76. The van der Waals surface area contributed by atoms with Crippen LogP contribution in [0.1, 0.15) is 31.0 Å². The van der Waals surface area contributed by atoms with E-state index in [-0.39, 0.29) is 17.9 Å². The van der Waals surface area contributed by atoms with Crippen LogP contribution in [-0.2, 0) is 6.42 Å². The summed E-state index contributed by atoms with van der Waals surface area (Å²) < 4.78 is 13.2. The van der Waals surface area contributed by atoms with Crippen molar-refractivity contribution >= 4 is 11.6 Å². The van der Waals surface area contributed by atoms with E-state index in [1.165, 1.54) is 6.07 Å². The third kappa shape index (κ3) is 4.06. The molecule has 2 rings (SSSR count). The fourth-order valence-electron chi connectivity index (χ4n) is 2.35. The van der Waals surface area contributed by atoms with Gasteiger partial charge in [0.2, 0.25) is 0 Å². The highest BCUT2D eigenvalue weighted by Gasteiger charge is 2.11. The van der Waals surface area contributed by atoms with Crippen LogP contribution in [0.4, 0.5) is 4.39 Å². The Morgan fingerprint density at radius 2 is 1.85 bits per heavy atom. The minimum absolute atomic E-state index is 0.100. The lowest BCUT2D eigenvalue weighted by atomic mass is 10.0. The second-order valence-electron chi connectivity index (χ2n) is 5.14. The third-order valence-electron chi connectivity index (χ3n) is 3.37. The SMILES string of the molecule is CC(Cc1ccccc1Cl)NC(C)c1cccc(F)c1. The molecule has 0 bridgehead atoms. The van der Waals surface area contributed by atoms with Gasteiger partial charge in [0.1, 0.15) is 5.82 Å². The Labute approximate surface area is 124 Å². The summed E-state index contributed by atoms with van der Waals surface area (Å²) in [6, 6.07) is 14.9. The minimum atomic E-state index is -0.199. The summed E-state index contributed by atoms with van der Waals surface area (Å²) in [5.41, 5.74) is 2.08. The van der Waals surface area contributed by atoms with E-state index in [0.717, 1.165) is 22.6 Å². The molecule has 3 heteroatoms. The van der Waals surface area contributed by atoms with E-state index < -0.39 is 0 Å². The molecular formula is C17H19ClFN. The van der Waals surface area contributed by atoms with E-state index in [1.54, 1.807) is 12.1 Å². The van der Waals surface area contributed by atoms with Crippen LogP contribution in [0, 0.1) is 5.82 Å². The highest BCUT2D eigenvalue weighted by atomic mass is 35.5. The number of benzene rings is 2. The molecule has 0 heterocycles. The average molecular weight is 292 g/mol. The molecule has 0 fully saturated rings. The molecule has 0 aliphatic rings. The van der Waals surface area contributed by atoms with Gasteiger partial charge in [0, 0.05) is 17.1 Å². The molecule has 2 aromatic carbocycles. The van der Waals surface area contributed by atoms with Crippen LogP contribution in [0.25, 0.3) is 0 Å². The first-order chi connectivity index (χ1) is 9.56. The van der Waals surface area contributed by atoms with Gasteiger partial charge in [-0.2, -0.15) is 0 Å². The Hall–Kier alpha value is -1.38. The molecule has 0 amide bonds.